The standard InChI is InChI=1S/C17H14O/c1-3-4-12-6-7-13-8-10-15(18)14-9-5-11(2)16(12)17(13)14/h3-10,18H,1H2,2H3/b12-4-. The number of phenols is 1. The van der Waals surface area contributed by atoms with Crippen molar-refractivity contribution in [2.75, 3.05) is 0 Å². The zero-order chi connectivity index (χ0) is 12.7. The van der Waals surface area contributed by atoms with Crippen molar-refractivity contribution in [2.45, 2.75) is 6.92 Å². The molecule has 88 valence electrons. The molecule has 1 nitrogen and oxygen atoms in total. The van der Waals surface area contributed by atoms with E-state index in [-0.39, 0.29) is 0 Å². The first kappa shape index (κ1) is 10.8. The van der Waals surface area contributed by atoms with Crippen LogP contribution < -0.4 is 5.22 Å². The number of phenolic OH excluding ortho intramolecular Hbond substituents is 1. The Labute approximate surface area is 106 Å². The summed E-state index contributed by atoms with van der Waals surface area (Å²) in [7, 11) is 0. The molecule has 1 N–H and O–H groups in total. The van der Waals surface area contributed by atoms with Crippen LogP contribution in [0.1, 0.15) is 5.56 Å². The van der Waals surface area contributed by atoms with Crippen LogP contribution in [0.5, 0.6) is 5.75 Å². The summed E-state index contributed by atoms with van der Waals surface area (Å²) in [5, 5.41) is 15.5. The number of benzene rings is 3. The predicted molar refractivity (Wildman–Crippen MR) is 77.7 cm³/mol. The molecule has 0 radical (unpaired) electrons. The van der Waals surface area contributed by atoms with Crippen molar-refractivity contribution < 1.29 is 5.11 Å². The molecule has 3 aromatic rings. The van der Waals surface area contributed by atoms with Gasteiger partial charge < -0.3 is 5.11 Å². The molecule has 0 amide bonds. The maximum absolute atomic E-state index is 9.98. The summed E-state index contributed by atoms with van der Waals surface area (Å²) in [5.74, 6) is 0.336. The van der Waals surface area contributed by atoms with Crippen molar-refractivity contribution in [3.63, 3.8) is 0 Å². The Bertz CT molecular complexity index is 813. The smallest absolute Gasteiger partial charge is 0.123 e. The molecule has 1 heteroatoms. The molecule has 0 aliphatic carbocycles. The molecule has 0 saturated heterocycles. The van der Waals surface area contributed by atoms with E-state index >= 15 is 0 Å². The fourth-order valence-corrected chi connectivity index (χ4v) is 2.60. The van der Waals surface area contributed by atoms with Gasteiger partial charge in [0.1, 0.15) is 5.75 Å². The van der Waals surface area contributed by atoms with E-state index in [4.69, 9.17) is 0 Å². The van der Waals surface area contributed by atoms with Crippen LogP contribution in [0.2, 0.25) is 0 Å². The molecular weight excluding hydrogens is 220 g/mol. The monoisotopic (exact) mass is 234 g/mol. The van der Waals surface area contributed by atoms with E-state index < -0.39 is 0 Å². The first-order valence-corrected chi connectivity index (χ1v) is 5.99. The summed E-state index contributed by atoms with van der Waals surface area (Å²) in [6.07, 6.45) is 3.80. The molecule has 0 atom stereocenters. The summed E-state index contributed by atoms with van der Waals surface area (Å²) in [6, 6.07) is 11.9. The van der Waals surface area contributed by atoms with Crippen molar-refractivity contribution in [3.8, 4) is 5.75 Å². The molecule has 0 aliphatic heterocycles. The van der Waals surface area contributed by atoms with Crippen LogP contribution >= 0.6 is 0 Å². The molecule has 0 unspecified atom stereocenters. The minimum atomic E-state index is 0.336. The van der Waals surface area contributed by atoms with E-state index in [9.17, 15) is 5.11 Å². The Morgan fingerprint density at radius 2 is 1.78 bits per heavy atom. The van der Waals surface area contributed by atoms with E-state index in [0.29, 0.717) is 5.75 Å². The molecule has 0 saturated carbocycles. The second-order valence-electron chi connectivity index (χ2n) is 4.54. The Morgan fingerprint density at radius 3 is 2.56 bits per heavy atom. The van der Waals surface area contributed by atoms with E-state index in [1.54, 1.807) is 12.1 Å². The Hall–Kier alpha value is -2.28. The third-order valence-corrected chi connectivity index (χ3v) is 3.43. The predicted octanol–water partition coefficient (Wildman–Crippen LogP) is 3.69. The van der Waals surface area contributed by atoms with Gasteiger partial charge in [-0.25, -0.2) is 0 Å². The van der Waals surface area contributed by atoms with Crippen LogP contribution in [0.25, 0.3) is 27.6 Å². The minimum Gasteiger partial charge on any atom is -0.507 e. The lowest BCUT2D eigenvalue weighted by molar-refractivity contribution is 0.482. The van der Waals surface area contributed by atoms with Gasteiger partial charge in [-0.1, -0.05) is 49.1 Å². The zero-order valence-electron chi connectivity index (χ0n) is 10.3. The van der Waals surface area contributed by atoms with Crippen LogP contribution in [-0.4, -0.2) is 5.11 Å². The van der Waals surface area contributed by atoms with Gasteiger partial charge in [-0.3, -0.25) is 0 Å². The summed E-state index contributed by atoms with van der Waals surface area (Å²) in [5.41, 5.74) is 1.21. The minimum absolute atomic E-state index is 0.336. The van der Waals surface area contributed by atoms with E-state index in [0.717, 1.165) is 21.4 Å². The van der Waals surface area contributed by atoms with Crippen molar-refractivity contribution in [3.05, 3.63) is 59.8 Å². The highest BCUT2D eigenvalue weighted by molar-refractivity contribution is 6.13. The topological polar surface area (TPSA) is 20.2 Å². The maximum Gasteiger partial charge on any atom is 0.123 e. The van der Waals surface area contributed by atoms with Gasteiger partial charge in [0.25, 0.3) is 0 Å². The third kappa shape index (κ3) is 1.41. The van der Waals surface area contributed by atoms with Crippen molar-refractivity contribution in [1.29, 1.82) is 0 Å². The molecule has 3 rings (SSSR count). The third-order valence-electron chi connectivity index (χ3n) is 3.43. The second-order valence-corrected chi connectivity index (χ2v) is 4.54. The first-order valence-electron chi connectivity index (χ1n) is 5.99. The number of allylic oxidation sites excluding steroid dienone is 1. The summed E-state index contributed by atoms with van der Waals surface area (Å²) in [6.45, 7) is 5.86. The number of hydrogen-bond donors (Lipinski definition) is 1. The molecule has 0 fully saturated rings. The Morgan fingerprint density at radius 1 is 1.00 bits per heavy atom. The van der Waals surface area contributed by atoms with Gasteiger partial charge >= 0.3 is 0 Å². The summed E-state index contributed by atoms with van der Waals surface area (Å²) < 4.78 is 0. The normalized spacial score (nSPS) is 12.4. The van der Waals surface area contributed by atoms with Crippen LogP contribution in [0.3, 0.4) is 0 Å². The highest BCUT2D eigenvalue weighted by Crippen LogP contribution is 2.32. The summed E-state index contributed by atoms with van der Waals surface area (Å²) >= 11 is 0. The van der Waals surface area contributed by atoms with Gasteiger partial charge in [0.2, 0.25) is 0 Å². The lowest BCUT2D eigenvalue weighted by atomic mass is 9.95. The highest BCUT2D eigenvalue weighted by Gasteiger charge is 2.08. The SMILES string of the molecule is C=C/C=c1/ccc2ccc(O)c3ccc(C)c1c23. The molecule has 0 bridgehead atoms. The molecule has 0 aromatic heterocycles. The Balaban J connectivity index is 2.71. The summed E-state index contributed by atoms with van der Waals surface area (Å²) in [4.78, 5) is 0. The highest BCUT2D eigenvalue weighted by atomic mass is 16.3. The molecule has 0 spiro atoms. The van der Waals surface area contributed by atoms with Crippen molar-refractivity contribution in [2.24, 2.45) is 0 Å². The molecule has 3 aromatic carbocycles. The quantitative estimate of drug-likeness (QED) is 0.680. The van der Waals surface area contributed by atoms with E-state index in [2.05, 4.69) is 31.7 Å². The van der Waals surface area contributed by atoms with Crippen molar-refractivity contribution >= 4 is 27.6 Å². The lowest BCUT2D eigenvalue weighted by Crippen LogP contribution is -2.03. The zero-order valence-corrected chi connectivity index (χ0v) is 10.3. The first-order chi connectivity index (χ1) is 8.72. The number of hydrogen-bond acceptors (Lipinski definition) is 1. The van der Waals surface area contributed by atoms with Crippen LogP contribution in [0, 0.1) is 6.92 Å². The molecule has 0 aliphatic rings. The van der Waals surface area contributed by atoms with E-state index in [1.807, 2.05) is 18.2 Å². The number of aromatic hydroxyl groups is 1. The van der Waals surface area contributed by atoms with Crippen LogP contribution in [0.4, 0.5) is 0 Å². The molecular formula is C17H14O. The van der Waals surface area contributed by atoms with Crippen LogP contribution in [-0.2, 0) is 0 Å². The maximum atomic E-state index is 9.98. The van der Waals surface area contributed by atoms with Gasteiger partial charge in [0.15, 0.2) is 0 Å². The average Bonchev–Trinajstić information content (AvgIpc) is 2.37. The number of aryl methyl sites for hydroxylation is 1. The van der Waals surface area contributed by atoms with Crippen LogP contribution in [0.15, 0.2) is 49.1 Å². The fraction of sp³-hybridized carbons (Fsp3) is 0.0588. The molecule has 18 heavy (non-hydrogen) atoms. The average molecular weight is 234 g/mol. The van der Waals surface area contributed by atoms with Gasteiger partial charge in [-0.05, 0) is 34.5 Å². The number of rotatable bonds is 1. The largest absolute Gasteiger partial charge is 0.507 e. The Kier molecular flexibility index (Phi) is 2.34. The van der Waals surface area contributed by atoms with Gasteiger partial charge in [0, 0.05) is 10.8 Å². The fourth-order valence-electron chi connectivity index (χ4n) is 2.60. The van der Waals surface area contributed by atoms with Gasteiger partial charge in [-0.2, -0.15) is 0 Å². The van der Waals surface area contributed by atoms with Crippen molar-refractivity contribution in [1.82, 2.24) is 0 Å². The van der Waals surface area contributed by atoms with Gasteiger partial charge in [0.05, 0.1) is 0 Å². The molecule has 0 heterocycles. The second kappa shape index (κ2) is 3.88. The lowest BCUT2D eigenvalue weighted by Gasteiger charge is -2.10. The van der Waals surface area contributed by atoms with E-state index in [1.165, 1.54) is 10.9 Å². The van der Waals surface area contributed by atoms with Gasteiger partial charge in [-0.15, -0.1) is 0 Å².